The van der Waals surface area contributed by atoms with Gasteiger partial charge in [0.15, 0.2) is 0 Å². The fraction of sp³-hybridized carbons (Fsp3) is 0.438. The van der Waals surface area contributed by atoms with Gasteiger partial charge in [0, 0.05) is 18.0 Å². The van der Waals surface area contributed by atoms with E-state index in [1.54, 1.807) is 18.2 Å². The van der Waals surface area contributed by atoms with E-state index in [1.165, 1.54) is 10.7 Å². The minimum Gasteiger partial charge on any atom is -0.343 e. The Kier molecular flexibility index (Phi) is 6.45. The first-order valence-corrected chi connectivity index (χ1v) is 7.49. The van der Waals surface area contributed by atoms with E-state index in [9.17, 15) is 9.18 Å². The maximum absolute atomic E-state index is 14.0. The van der Waals surface area contributed by atoms with Crippen molar-refractivity contribution in [2.75, 3.05) is 6.54 Å². The van der Waals surface area contributed by atoms with Gasteiger partial charge in [0.05, 0.1) is 0 Å². The highest BCUT2D eigenvalue weighted by molar-refractivity contribution is 5.91. The Hall–Kier alpha value is -1.99. The maximum Gasteiger partial charge on any atom is 0.291 e. The van der Waals surface area contributed by atoms with Crippen molar-refractivity contribution in [1.82, 2.24) is 20.1 Å². The molecule has 0 bridgehead atoms. The lowest BCUT2D eigenvalue weighted by Crippen LogP contribution is -2.49. The number of benzene rings is 1. The second kappa shape index (κ2) is 7.72. The van der Waals surface area contributed by atoms with Gasteiger partial charge in [0.25, 0.3) is 5.91 Å². The first-order valence-electron chi connectivity index (χ1n) is 7.49. The molecule has 3 N–H and O–H groups in total. The van der Waals surface area contributed by atoms with Gasteiger partial charge in [-0.3, -0.25) is 4.79 Å². The summed E-state index contributed by atoms with van der Waals surface area (Å²) in [5, 5.41) is 6.97. The highest BCUT2D eigenvalue weighted by atomic mass is 35.5. The van der Waals surface area contributed by atoms with Crippen LogP contribution in [0.15, 0.2) is 24.3 Å². The molecule has 0 unspecified atom stereocenters. The molecule has 0 aliphatic rings. The Morgan fingerprint density at radius 3 is 2.54 bits per heavy atom. The number of nitrogens with two attached hydrogens (primary N) is 1. The number of carbonyl (C=O) groups is 1. The summed E-state index contributed by atoms with van der Waals surface area (Å²) in [6, 6.07) is 6.25. The van der Waals surface area contributed by atoms with Gasteiger partial charge in [-0.25, -0.2) is 14.1 Å². The number of hydrogen-bond donors (Lipinski definition) is 2. The molecule has 1 heterocycles. The fourth-order valence-electron chi connectivity index (χ4n) is 2.01. The first-order chi connectivity index (χ1) is 10.7. The van der Waals surface area contributed by atoms with Gasteiger partial charge in [-0.1, -0.05) is 26.0 Å². The third-order valence-electron chi connectivity index (χ3n) is 3.39. The molecule has 0 atom stereocenters. The standard InChI is InChI=1S/C16H22FN5O.ClH/c1-10(2)14-19-13(15(23)20-16(3,4)9-18)21-22(14)12-8-6-5-7-11(12)17;/h5-8,10H,9,18H2,1-4H3,(H,20,23);1H. The molecule has 1 amide bonds. The minimum atomic E-state index is -0.571. The molecule has 0 saturated carbocycles. The molecule has 0 fully saturated rings. The lowest BCUT2D eigenvalue weighted by Gasteiger charge is -2.23. The second-order valence-electron chi connectivity index (χ2n) is 6.35. The van der Waals surface area contributed by atoms with Crippen molar-refractivity contribution >= 4 is 18.3 Å². The molecule has 0 aliphatic heterocycles. The van der Waals surface area contributed by atoms with Crippen LogP contribution in [-0.4, -0.2) is 32.8 Å². The van der Waals surface area contributed by atoms with E-state index in [-0.39, 0.29) is 36.4 Å². The topological polar surface area (TPSA) is 85.8 Å². The van der Waals surface area contributed by atoms with E-state index in [4.69, 9.17) is 5.73 Å². The molecule has 8 heteroatoms. The van der Waals surface area contributed by atoms with Crippen molar-refractivity contribution in [3.8, 4) is 5.69 Å². The number of rotatable bonds is 5. The van der Waals surface area contributed by atoms with E-state index in [0.29, 0.717) is 5.82 Å². The predicted octanol–water partition coefficient (Wildman–Crippen LogP) is 2.42. The normalized spacial score (nSPS) is 11.3. The third kappa shape index (κ3) is 4.30. The summed E-state index contributed by atoms with van der Waals surface area (Å²) >= 11 is 0. The molecule has 0 radical (unpaired) electrons. The van der Waals surface area contributed by atoms with Gasteiger partial charge < -0.3 is 11.1 Å². The number of para-hydroxylation sites is 1. The SMILES string of the molecule is CC(C)c1nc(C(=O)NC(C)(C)CN)nn1-c1ccccc1F.Cl. The van der Waals surface area contributed by atoms with Gasteiger partial charge in [-0.05, 0) is 26.0 Å². The van der Waals surface area contributed by atoms with Crippen LogP contribution in [0.2, 0.25) is 0 Å². The van der Waals surface area contributed by atoms with Crippen LogP contribution in [0.1, 0.15) is 50.1 Å². The third-order valence-corrected chi connectivity index (χ3v) is 3.39. The number of amides is 1. The molecule has 2 rings (SSSR count). The zero-order valence-electron chi connectivity index (χ0n) is 14.2. The Labute approximate surface area is 147 Å². The predicted molar refractivity (Wildman–Crippen MR) is 93.3 cm³/mol. The van der Waals surface area contributed by atoms with E-state index in [2.05, 4.69) is 15.4 Å². The Morgan fingerprint density at radius 1 is 1.38 bits per heavy atom. The molecule has 132 valence electrons. The largest absolute Gasteiger partial charge is 0.343 e. The average molecular weight is 356 g/mol. The van der Waals surface area contributed by atoms with Crippen molar-refractivity contribution in [3.63, 3.8) is 0 Å². The molecular formula is C16H23ClFN5O. The van der Waals surface area contributed by atoms with Crippen LogP contribution >= 0.6 is 12.4 Å². The highest BCUT2D eigenvalue weighted by Gasteiger charge is 2.25. The van der Waals surface area contributed by atoms with Crippen molar-refractivity contribution in [1.29, 1.82) is 0 Å². The highest BCUT2D eigenvalue weighted by Crippen LogP contribution is 2.19. The molecule has 0 aliphatic carbocycles. The van der Waals surface area contributed by atoms with E-state index in [1.807, 2.05) is 27.7 Å². The second-order valence-corrected chi connectivity index (χ2v) is 6.35. The number of hydrogen-bond acceptors (Lipinski definition) is 4. The van der Waals surface area contributed by atoms with Crippen molar-refractivity contribution in [3.05, 3.63) is 41.7 Å². The van der Waals surface area contributed by atoms with Crippen LogP contribution in [0.4, 0.5) is 4.39 Å². The number of halogens is 2. The number of aromatic nitrogens is 3. The Balaban J connectivity index is 0.00000288. The van der Waals surface area contributed by atoms with Crippen LogP contribution in [-0.2, 0) is 0 Å². The summed E-state index contributed by atoms with van der Waals surface area (Å²) in [5.74, 6) is -0.360. The quantitative estimate of drug-likeness (QED) is 0.862. The van der Waals surface area contributed by atoms with E-state index >= 15 is 0 Å². The molecule has 6 nitrogen and oxygen atoms in total. The summed E-state index contributed by atoms with van der Waals surface area (Å²) < 4.78 is 15.4. The van der Waals surface area contributed by atoms with Gasteiger partial charge >= 0.3 is 0 Å². The van der Waals surface area contributed by atoms with Crippen LogP contribution < -0.4 is 11.1 Å². The molecule has 0 saturated heterocycles. The van der Waals surface area contributed by atoms with E-state index in [0.717, 1.165) is 0 Å². The van der Waals surface area contributed by atoms with Gasteiger partial charge in [-0.2, -0.15) is 0 Å². The molecule has 2 aromatic rings. The number of nitrogens with zero attached hydrogens (tertiary/aromatic N) is 3. The first kappa shape index (κ1) is 20.1. The minimum absolute atomic E-state index is 0. The zero-order chi connectivity index (χ0) is 17.2. The maximum atomic E-state index is 14.0. The van der Waals surface area contributed by atoms with Crippen LogP contribution in [0.25, 0.3) is 5.69 Å². The summed E-state index contributed by atoms with van der Waals surface area (Å²) in [6.45, 7) is 7.72. The Bertz CT molecular complexity index is 714. The smallest absolute Gasteiger partial charge is 0.291 e. The van der Waals surface area contributed by atoms with Gasteiger partial charge in [-0.15, -0.1) is 17.5 Å². The van der Waals surface area contributed by atoms with E-state index < -0.39 is 17.3 Å². The van der Waals surface area contributed by atoms with Gasteiger partial charge in [0.1, 0.15) is 17.3 Å². The molecule has 24 heavy (non-hydrogen) atoms. The molecular weight excluding hydrogens is 333 g/mol. The van der Waals surface area contributed by atoms with Crippen molar-refractivity contribution < 1.29 is 9.18 Å². The lowest BCUT2D eigenvalue weighted by molar-refractivity contribution is 0.0905. The number of nitrogens with one attached hydrogen (secondary N) is 1. The van der Waals surface area contributed by atoms with Crippen LogP contribution in [0, 0.1) is 5.82 Å². The van der Waals surface area contributed by atoms with Crippen molar-refractivity contribution in [2.24, 2.45) is 5.73 Å². The summed E-state index contributed by atoms with van der Waals surface area (Å²) in [7, 11) is 0. The fourth-order valence-corrected chi connectivity index (χ4v) is 2.01. The zero-order valence-corrected chi connectivity index (χ0v) is 15.0. The monoisotopic (exact) mass is 355 g/mol. The summed E-state index contributed by atoms with van der Waals surface area (Å²) in [6.07, 6.45) is 0. The summed E-state index contributed by atoms with van der Waals surface area (Å²) in [4.78, 5) is 16.6. The van der Waals surface area contributed by atoms with Crippen LogP contribution in [0.5, 0.6) is 0 Å². The van der Waals surface area contributed by atoms with Gasteiger partial charge in [0.2, 0.25) is 5.82 Å². The van der Waals surface area contributed by atoms with Crippen molar-refractivity contribution in [2.45, 2.75) is 39.2 Å². The Morgan fingerprint density at radius 2 is 2.00 bits per heavy atom. The lowest BCUT2D eigenvalue weighted by atomic mass is 10.1. The number of carbonyl (C=O) groups excluding carboxylic acids is 1. The molecule has 0 spiro atoms. The van der Waals surface area contributed by atoms with Crippen LogP contribution in [0.3, 0.4) is 0 Å². The molecule has 1 aromatic heterocycles. The summed E-state index contributed by atoms with van der Waals surface area (Å²) in [5.41, 5.74) is 5.31. The molecule has 1 aromatic carbocycles. The average Bonchev–Trinajstić information content (AvgIpc) is 2.92.